The number of amides is 1. The molecule has 0 spiro atoms. The zero-order valence-electron chi connectivity index (χ0n) is 54.5. The molecule has 1 amide bonds. The number of benzene rings is 6. The largest absolute Gasteiger partial charge is 0.467 e. The molecule has 16 nitrogen and oxygen atoms in total. The van der Waals surface area contributed by atoms with Crippen LogP contribution < -0.4 is 14.8 Å². The molecular weight excluding hydrogens is 1340 g/mol. The first-order valence-corrected chi connectivity index (χ1v) is 36.7. The van der Waals surface area contributed by atoms with Gasteiger partial charge in [0.05, 0.1) is 35.6 Å². The van der Waals surface area contributed by atoms with Gasteiger partial charge in [0.2, 0.25) is 20.0 Å². The molecule has 3 atom stereocenters. The number of nitrogens with one attached hydrogen (secondary N) is 6. The van der Waals surface area contributed by atoms with Crippen molar-refractivity contribution in [2.24, 2.45) is 0 Å². The van der Waals surface area contributed by atoms with E-state index in [0.717, 1.165) is 160 Å². The number of hydrogen-bond acceptors (Lipinski definition) is 10. The Balaban J connectivity index is 0.000000159. The first kappa shape index (κ1) is 72.0. The Kier molecular flexibility index (Phi) is 25.1. The average Bonchev–Trinajstić information content (AvgIpc) is 1.68. The second-order valence-corrected chi connectivity index (χ2v) is 28.7. The fourth-order valence-electron chi connectivity index (χ4n) is 12.0. The summed E-state index contributed by atoms with van der Waals surface area (Å²) in [7, 11) is -5.96. The fourth-order valence-corrected chi connectivity index (χ4v) is 14.4. The van der Waals surface area contributed by atoms with E-state index in [1.54, 1.807) is 24.3 Å². The molecular formula is C76H77Cl3FN9O7S2. The summed E-state index contributed by atoms with van der Waals surface area (Å²) in [4.78, 5) is 25.5. The highest BCUT2D eigenvalue weighted by atomic mass is 35.5. The summed E-state index contributed by atoms with van der Waals surface area (Å²) in [6.45, 7) is 3.66. The number of allylic oxidation sites excluding steroid dienone is 3. The topological polar surface area (TPSA) is 234 Å². The van der Waals surface area contributed by atoms with Crippen molar-refractivity contribution in [1.82, 2.24) is 45.4 Å². The molecule has 98 heavy (non-hydrogen) atoms. The standard InChI is InChI=1S/C26H25ClFN3O3.2C25H26ClN3O2S/c1-34-26(33)22(15-17-8-12-20(28)13-9-17)29-25(32)24-21-5-3-2-4-18(23(21)30-31-24)14-16-6-10-19(27)11-7-16;2*1-18(20-7-3-2-4-8-20)29-32(30,31)16-15-24-23-10-6-5-9-21(25(23)28-27-24)17-19-11-13-22(26)14-12-19/h6-14,22H,2-5,15H2,1H3,(H,29,32)(H,30,31);2*2-4,7-8,11-18,29H,5-6,9-10H2,1H3,(H,27,28)/b18-14+;2*16-15+,21-17+/t22-;2*18-/m010/s1. The monoisotopic (exact) mass is 1420 g/mol. The van der Waals surface area contributed by atoms with Gasteiger partial charge in [0.25, 0.3) is 5.91 Å². The molecule has 0 radical (unpaired) electrons. The molecule has 0 unspecified atom stereocenters. The van der Waals surface area contributed by atoms with Crippen LogP contribution in [0.25, 0.3) is 47.1 Å². The van der Waals surface area contributed by atoms with Crippen LogP contribution in [0.3, 0.4) is 0 Å². The lowest BCUT2D eigenvalue weighted by atomic mass is 10.0. The van der Waals surface area contributed by atoms with Crippen molar-refractivity contribution in [3.63, 3.8) is 0 Å². The number of sulfonamides is 2. The van der Waals surface area contributed by atoms with Crippen molar-refractivity contribution in [2.75, 3.05) is 7.11 Å². The van der Waals surface area contributed by atoms with Crippen LogP contribution >= 0.6 is 34.8 Å². The smallest absolute Gasteiger partial charge is 0.328 e. The first-order chi connectivity index (χ1) is 47.3. The molecule has 0 fully saturated rings. The number of carbonyl (C=O) groups excluding carboxylic acids is 2. The van der Waals surface area contributed by atoms with Crippen molar-refractivity contribution in [3.8, 4) is 0 Å². The molecule has 3 aliphatic carbocycles. The number of aromatic nitrogens is 6. The average molecular weight is 1420 g/mol. The number of esters is 1. The van der Waals surface area contributed by atoms with Gasteiger partial charge >= 0.3 is 5.97 Å². The highest BCUT2D eigenvalue weighted by Crippen LogP contribution is 2.36. The summed E-state index contributed by atoms with van der Waals surface area (Å²) >= 11 is 18.0. The maximum atomic E-state index is 13.2. The van der Waals surface area contributed by atoms with E-state index < -0.39 is 38.0 Å². The van der Waals surface area contributed by atoms with Crippen LogP contribution in [0.15, 0.2) is 169 Å². The summed E-state index contributed by atoms with van der Waals surface area (Å²) in [5.41, 5.74) is 16.4. The lowest BCUT2D eigenvalue weighted by molar-refractivity contribution is -0.142. The van der Waals surface area contributed by atoms with E-state index in [-0.39, 0.29) is 24.3 Å². The Labute approximate surface area is 587 Å². The number of carbonyl (C=O) groups is 2. The van der Waals surface area contributed by atoms with Gasteiger partial charge in [0, 0.05) is 61.1 Å². The van der Waals surface area contributed by atoms with Gasteiger partial charge in [0.1, 0.15) is 17.6 Å². The van der Waals surface area contributed by atoms with Gasteiger partial charge in [-0.05, 0) is 220 Å². The molecule has 12 rings (SSSR count). The minimum Gasteiger partial charge on any atom is -0.467 e. The number of rotatable bonds is 18. The van der Waals surface area contributed by atoms with Crippen molar-refractivity contribution >= 4 is 114 Å². The third kappa shape index (κ3) is 20.2. The fraction of sp³-hybridized carbons (Fsp3) is 0.250. The van der Waals surface area contributed by atoms with Crippen molar-refractivity contribution < 1.29 is 35.6 Å². The zero-order chi connectivity index (χ0) is 69.2. The van der Waals surface area contributed by atoms with E-state index in [1.807, 2.05) is 147 Å². The number of nitrogens with zero attached hydrogens (tertiary/aromatic N) is 3. The minimum atomic E-state index is -3.61. The predicted octanol–water partition coefficient (Wildman–Crippen LogP) is 16.9. The lowest BCUT2D eigenvalue weighted by Crippen LogP contribution is -2.43. The van der Waals surface area contributed by atoms with Gasteiger partial charge in [-0.15, -0.1) is 0 Å². The summed E-state index contributed by atoms with van der Waals surface area (Å²) in [5, 5.41) is 29.8. The molecule has 6 aromatic carbocycles. The van der Waals surface area contributed by atoms with E-state index >= 15 is 0 Å². The molecule has 0 aliphatic heterocycles. The van der Waals surface area contributed by atoms with E-state index in [9.17, 15) is 30.8 Å². The lowest BCUT2D eigenvalue weighted by Gasteiger charge is -2.16. The second-order valence-electron chi connectivity index (χ2n) is 24.2. The molecule has 3 heterocycles. The SMILES string of the molecule is COC(=O)[C@H](Cc1ccc(F)cc1)NC(=O)c1[nH]nc2c1CCCC/C2=C\c1ccc(Cl)cc1.C[C@@H](NS(=O)(=O)/C=C/c1[nH]nc2c1CCCC/C2=C\c1ccc(Cl)cc1)c1ccccc1.C[C@H](NS(=O)(=O)/C=C/c1[nH]nc2c1CCCC/C2=C\c1ccc(Cl)cc1)c1ccccc1. The molecule has 0 saturated carbocycles. The van der Waals surface area contributed by atoms with Crippen LogP contribution in [0.1, 0.15) is 173 Å². The number of halogens is 4. The molecule has 3 aromatic heterocycles. The van der Waals surface area contributed by atoms with Gasteiger partial charge in [0.15, 0.2) is 0 Å². The van der Waals surface area contributed by atoms with Crippen LogP contribution in [-0.2, 0) is 55.3 Å². The highest BCUT2D eigenvalue weighted by Gasteiger charge is 2.29. The van der Waals surface area contributed by atoms with Crippen LogP contribution in [-0.4, -0.2) is 72.5 Å². The minimum absolute atomic E-state index is 0.177. The van der Waals surface area contributed by atoms with Gasteiger partial charge in [-0.1, -0.05) is 144 Å². The van der Waals surface area contributed by atoms with Gasteiger partial charge in [-0.25, -0.2) is 35.5 Å². The molecule has 6 N–H and O–H groups in total. The summed E-state index contributed by atoms with van der Waals surface area (Å²) in [5.74, 6) is -1.38. The highest BCUT2D eigenvalue weighted by molar-refractivity contribution is 7.92. The number of H-pyrrole nitrogens is 3. The molecule has 508 valence electrons. The third-order valence-corrected chi connectivity index (χ3v) is 20.2. The van der Waals surface area contributed by atoms with Crippen molar-refractivity contribution in [3.05, 3.63) is 274 Å². The zero-order valence-corrected chi connectivity index (χ0v) is 58.4. The maximum absolute atomic E-state index is 13.2. The Morgan fingerprint density at radius 1 is 0.510 bits per heavy atom. The molecule has 9 aromatic rings. The third-order valence-electron chi connectivity index (χ3n) is 17.1. The molecule has 22 heteroatoms. The maximum Gasteiger partial charge on any atom is 0.328 e. The van der Waals surface area contributed by atoms with Crippen LogP contribution in [0.2, 0.25) is 15.1 Å². The first-order valence-electron chi connectivity index (χ1n) is 32.5. The van der Waals surface area contributed by atoms with E-state index in [2.05, 4.69) is 63.6 Å². The number of aromatic amines is 3. The Hall–Kier alpha value is -8.79. The van der Waals surface area contributed by atoms with Gasteiger partial charge in [-0.3, -0.25) is 20.1 Å². The predicted molar refractivity (Wildman–Crippen MR) is 392 cm³/mol. The number of ether oxygens (including phenoxy) is 1. The summed E-state index contributed by atoms with van der Waals surface area (Å²) < 4.78 is 74.0. The summed E-state index contributed by atoms with van der Waals surface area (Å²) in [6, 6.07) is 46.2. The van der Waals surface area contributed by atoms with E-state index in [1.165, 1.54) is 30.1 Å². The van der Waals surface area contributed by atoms with E-state index in [0.29, 0.717) is 32.7 Å². The molecule has 0 bridgehead atoms. The van der Waals surface area contributed by atoms with Crippen molar-refractivity contribution in [1.29, 1.82) is 0 Å². The Morgan fingerprint density at radius 3 is 1.28 bits per heavy atom. The number of fused-ring (bicyclic) bond motifs is 3. The molecule has 0 saturated heterocycles. The van der Waals surface area contributed by atoms with E-state index in [4.69, 9.17) is 39.5 Å². The normalized spacial score (nSPS) is 16.3. The summed E-state index contributed by atoms with van der Waals surface area (Å²) in [6.07, 6.45) is 20.9. The molecule has 3 aliphatic rings. The van der Waals surface area contributed by atoms with Crippen LogP contribution in [0.4, 0.5) is 4.39 Å². The van der Waals surface area contributed by atoms with Gasteiger partial charge < -0.3 is 10.1 Å². The second kappa shape index (κ2) is 34.1. The quantitative estimate of drug-likeness (QED) is 0.0351. The Bertz CT molecular complexity index is 4400. The number of methoxy groups -OCH3 is 1. The Morgan fingerprint density at radius 2 is 0.878 bits per heavy atom. The van der Waals surface area contributed by atoms with Gasteiger partial charge in [-0.2, -0.15) is 15.3 Å². The van der Waals surface area contributed by atoms with Crippen LogP contribution in [0.5, 0.6) is 0 Å². The van der Waals surface area contributed by atoms with Crippen molar-refractivity contribution in [2.45, 2.75) is 115 Å². The number of hydrogen-bond donors (Lipinski definition) is 6. The van der Waals surface area contributed by atoms with Crippen LogP contribution in [0, 0.1) is 5.82 Å².